The molecule has 1 unspecified atom stereocenters. The molecule has 0 fully saturated rings. The summed E-state index contributed by atoms with van der Waals surface area (Å²) >= 11 is 5.67. The summed E-state index contributed by atoms with van der Waals surface area (Å²) in [4.78, 5) is 12.0. The number of nitrogen functional groups attached to an aromatic ring is 1. The van der Waals surface area contributed by atoms with Crippen molar-refractivity contribution in [2.45, 2.75) is 19.3 Å². The van der Waals surface area contributed by atoms with Gasteiger partial charge in [0.1, 0.15) is 5.82 Å². The van der Waals surface area contributed by atoms with Gasteiger partial charge in [0.05, 0.1) is 5.69 Å². The fourth-order valence-corrected chi connectivity index (χ4v) is 2.17. The van der Waals surface area contributed by atoms with E-state index in [0.29, 0.717) is 10.7 Å². The topological polar surface area (TPSA) is 55.1 Å². The third-order valence-corrected chi connectivity index (χ3v) is 3.44. The third kappa shape index (κ3) is 4.20. The zero-order chi connectivity index (χ0) is 15.4. The molecule has 0 aromatic heterocycles. The van der Waals surface area contributed by atoms with Crippen LogP contribution >= 0.6 is 11.6 Å². The minimum Gasteiger partial charge on any atom is -0.399 e. The lowest BCUT2D eigenvalue weighted by atomic mass is 9.97. The molecular weight excluding hydrogens is 291 g/mol. The Labute approximate surface area is 127 Å². The van der Waals surface area contributed by atoms with Gasteiger partial charge in [0.2, 0.25) is 5.91 Å². The number of rotatable bonds is 4. The standard InChI is InChI=1S/C16H16ClFN2O/c1-10(11-2-5-13(19)6-3-11)8-16(21)20-15-7-4-12(17)9-14(15)18/h2-7,9-10H,8,19H2,1H3,(H,20,21). The molecule has 0 radical (unpaired) electrons. The van der Waals surface area contributed by atoms with Crippen LogP contribution in [0.5, 0.6) is 0 Å². The van der Waals surface area contributed by atoms with Gasteiger partial charge >= 0.3 is 0 Å². The first-order valence-electron chi connectivity index (χ1n) is 6.56. The predicted molar refractivity (Wildman–Crippen MR) is 83.9 cm³/mol. The SMILES string of the molecule is CC(CC(=O)Nc1ccc(Cl)cc1F)c1ccc(N)cc1. The molecule has 2 aromatic carbocycles. The Morgan fingerprint density at radius 1 is 1.29 bits per heavy atom. The molecule has 3 N–H and O–H groups in total. The smallest absolute Gasteiger partial charge is 0.225 e. The van der Waals surface area contributed by atoms with Gasteiger partial charge in [0, 0.05) is 17.1 Å². The quantitative estimate of drug-likeness (QED) is 0.832. The minimum absolute atomic E-state index is 0.0148. The fourth-order valence-electron chi connectivity index (χ4n) is 2.01. The van der Waals surface area contributed by atoms with Crippen LogP contribution in [0.4, 0.5) is 15.8 Å². The monoisotopic (exact) mass is 306 g/mol. The number of anilines is 2. The lowest BCUT2D eigenvalue weighted by Crippen LogP contribution is -2.15. The molecule has 0 saturated heterocycles. The summed E-state index contributed by atoms with van der Waals surface area (Å²) in [6, 6.07) is 11.5. The number of hydrogen-bond acceptors (Lipinski definition) is 2. The second kappa shape index (κ2) is 6.59. The highest BCUT2D eigenvalue weighted by Crippen LogP contribution is 2.23. The van der Waals surface area contributed by atoms with Crippen molar-refractivity contribution < 1.29 is 9.18 Å². The van der Waals surface area contributed by atoms with E-state index < -0.39 is 5.82 Å². The van der Waals surface area contributed by atoms with Gasteiger partial charge < -0.3 is 11.1 Å². The van der Waals surface area contributed by atoms with Crippen molar-refractivity contribution in [2.24, 2.45) is 0 Å². The zero-order valence-electron chi connectivity index (χ0n) is 11.6. The molecule has 0 aliphatic heterocycles. The van der Waals surface area contributed by atoms with Crippen LogP contribution in [0, 0.1) is 5.82 Å². The highest BCUT2D eigenvalue weighted by Gasteiger charge is 2.13. The molecule has 110 valence electrons. The summed E-state index contributed by atoms with van der Waals surface area (Å²) in [5.41, 5.74) is 7.45. The minimum atomic E-state index is -0.545. The second-order valence-corrected chi connectivity index (χ2v) is 5.38. The number of carbonyl (C=O) groups is 1. The Morgan fingerprint density at radius 2 is 1.95 bits per heavy atom. The van der Waals surface area contributed by atoms with E-state index in [2.05, 4.69) is 5.32 Å². The first-order chi connectivity index (χ1) is 9.95. The molecule has 0 aliphatic rings. The number of halogens is 2. The van der Waals surface area contributed by atoms with E-state index in [0.717, 1.165) is 5.56 Å². The van der Waals surface area contributed by atoms with Crippen LogP contribution in [0.1, 0.15) is 24.8 Å². The molecule has 0 spiro atoms. The van der Waals surface area contributed by atoms with Crippen LogP contribution in [0.25, 0.3) is 0 Å². The molecule has 0 saturated carbocycles. The number of nitrogens with one attached hydrogen (secondary N) is 1. The number of amides is 1. The molecule has 2 rings (SSSR count). The summed E-state index contributed by atoms with van der Waals surface area (Å²) in [6.45, 7) is 1.93. The summed E-state index contributed by atoms with van der Waals surface area (Å²) in [5.74, 6) is -0.780. The lowest BCUT2D eigenvalue weighted by Gasteiger charge is -2.13. The van der Waals surface area contributed by atoms with E-state index >= 15 is 0 Å². The molecule has 0 heterocycles. The van der Waals surface area contributed by atoms with E-state index in [9.17, 15) is 9.18 Å². The molecule has 0 bridgehead atoms. The van der Waals surface area contributed by atoms with Crippen LogP contribution < -0.4 is 11.1 Å². The summed E-state index contributed by atoms with van der Waals surface area (Å²) in [5, 5.41) is 2.84. The van der Waals surface area contributed by atoms with Gasteiger partial charge in [-0.3, -0.25) is 4.79 Å². The van der Waals surface area contributed by atoms with Crippen molar-refractivity contribution >= 4 is 28.9 Å². The molecule has 5 heteroatoms. The molecule has 1 amide bonds. The van der Waals surface area contributed by atoms with Gasteiger partial charge in [0.15, 0.2) is 0 Å². The van der Waals surface area contributed by atoms with Crippen molar-refractivity contribution in [2.75, 3.05) is 11.1 Å². The van der Waals surface area contributed by atoms with Crippen molar-refractivity contribution in [1.29, 1.82) is 0 Å². The Morgan fingerprint density at radius 3 is 2.57 bits per heavy atom. The molecule has 1 atom stereocenters. The second-order valence-electron chi connectivity index (χ2n) is 4.94. The molecule has 2 aromatic rings. The Bertz CT molecular complexity index is 643. The van der Waals surface area contributed by atoms with Crippen LogP contribution in [0.3, 0.4) is 0 Å². The van der Waals surface area contributed by atoms with Crippen LogP contribution in [-0.4, -0.2) is 5.91 Å². The van der Waals surface area contributed by atoms with Crippen molar-refractivity contribution in [1.82, 2.24) is 0 Å². The third-order valence-electron chi connectivity index (χ3n) is 3.20. The van der Waals surface area contributed by atoms with Crippen molar-refractivity contribution in [3.05, 3.63) is 58.9 Å². The highest BCUT2D eigenvalue weighted by molar-refractivity contribution is 6.30. The van der Waals surface area contributed by atoms with E-state index in [1.807, 2.05) is 19.1 Å². The maximum atomic E-state index is 13.6. The van der Waals surface area contributed by atoms with Gasteiger partial charge in [-0.15, -0.1) is 0 Å². The van der Waals surface area contributed by atoms with Gasteiger partial charge in [0.25, 0.3) is 0 Å². The highest BCUT2D eigenvalue weighted by atomic mass is 35.5. The van der Waals surface area contributed by atoms with Crippen LogP contribution in [-0.2, 0) is 4.79 Å². The van der Waals surface area contributed by atoms with Gasteiger partial charge in [-0.25, -0.2) is 4.39 Å². The van der Waals surface area contributed by atoms with E-state index in [4.69, 9.17) is 17.3 Å². The molecule has 21 heavy (non-hydrogen) atoms. The zero-order valence-corrected chi connectivity index (χ0v) is 12.3. The predicted octanol–water partition coefficient (Wildman–Crippen LogP) is 4.19. The van der Waals surface area contributed by atoms with Crippen LogP contribution in [0.15, 0.2) is 42.5 Å². The summed E-state index contributed by atoms with van der Waals surface area (Å²) in [6.07, 6.45) is 0.256. The normalized spacial score (nSPS) is 12.0. The number of benzene rings is 2. The first kappa shape index (κ1) is 15.3. The van der Waals surface area contributed by atoms with Gasteiger partial charge in [-0.05, 0) is 41.8 Å². The fraction of sp³-hybridized carbons (Fsp3) is 0.188. The summed E-state index contributed by atoms with van der Waals surface area (Å²) in [7, 11) is 0. The number of carbonyl (C=O) groups excluding carboxylic acids is 1. The molecule has 3 nitrogen and oxygen atoms in total. The Balaban J connectivity index is 1.99. The van der Waals surface area contributed by atoms with Gasteiger partial charge in [-0.1, -0.05) is 30.7 Å². The maximum absolute atomic E-state index is 13.6. The van der Waals surface area contributed by atoms with E-state index in [1.165, 1.54) is 18.2 Å². The largest absolute Gasteiger partial charge is 0.399 e. The molecular formula is C16H16ClFN2O. The average Bonchev–Trinajstić information content (AvgIpc) is 2.42. The van der Waals surface area contributed by atoms with Gasteiger partial charge in [-0.2, -0.15) is 0 Å². The average molecular weight is 307 g/mol. The number of hydrogen-bond donors (Lipinski definition) is 2. The van der Waals surface area contributed by atoms with Crippen molar-refractivity contribution in [3.63, 3.8) is 0 Å². The summed E-state index contributed by atoms with van der Waals surface area (Å²) < 4.78 is 13.6. The Hall–Kier alpha value is -2.07. The van der Waals surface area contributed by atoms with Crippen LogP contribution in [0.2, 0.25) is 5.02 Å². The number of nitrogens with two attached hydrogens (primary N) is 1. The lowest BCUT2D eigenvalue weighted by molar-refractivity contribution is -0.116. The van der Waals surface area contributed by atoms with E-state index in [-0.39, 0.29) is 23.9 Å². The first-order valence-corrected chi connectivity index (χ1v) is 6.94. The Kier molecular flexibility index (Phi) is 4.81. The van der Waals surface area contributed by atoms with E-state index in [1.54, 1.807) is 12.1 Å². The maximum Gasteiger partial charge on any atom is 0.225 e. The van der Waals surface area contributed by atoms with Crippen molar-refractivity contribution in [3.8, 4) is 0 Å². The molecule has 0 aliphatic carbocycles.